The number of hydrogen-bond donors (Lipinski definition) is 1. The van der Waals surface area contributed by atoms with Crippen LogP contribution in [-0.4, -0.2) is 23.1 Å². The van der Waals surface area contributed by atoms with E-state index in [0.29, 0.717) is 5.56 Å². The molecule has 0 aliphatic rings. The Morgan fingerprint density at radius 3 is 2.53 bits per heavy atom. The summed E-state index contributed by atoms with van der Waals surface area (Å²) in [5.74, 6) is -1.01. The van der Waals surface area contributed by atoms with Crippen LogP contribution in [0.3, 0.4) is 0 Å². The molecule has 0 atom stereocenters. The number of benzene rings is 1. The Morgan fingerprint density at radius 1 is 1.40 bits per heavy atom. The second-order valence-electron chi connectivity index (χ2n) is 3.17. The normalized spacial score (nSPS) is 10.0. The summed E-state index contributed by atoms with van der Waals surface area (Å²) in [6.45, 7) is 1.46. The van der Waals surface area contributed by atoms with Gasteiger partial charge in [0.2, 0.25) is 0 Å². The largest absolute Gasteiger partial charge is 0.478 e. The Hall–Kier alpha value is -1.29. The Balaban J connectivity index is 3.26. The summed E-state index contributed by atoms with van der Waals surface area (Å²) < 4.78 is 0. The number of carboxylic acid groups (broad SMARTS) is 1. The zero-order chi connectivity index (χ0) is 11.4. The molecule has 0 radical (unpaired) electrons. The molecule has 1 N–H and O–H groups in total. The molecule has 0 amide bonds. The molecule has 1 aromatic carbocycles. The fourth-order valence-electron chi connectivity index (χ4n) is 1.39. The monoisotopic (exact) mass is 224 g/mol. The number of thioether (sulfide) groups is 1. The summed E-state index contributed by atoms with van der Waals surface area (Å²) in [5, 5.41) is 8.98. The number of carboxylic acids is 1. The summed E-state index contributed by atoms with van der Waals surface area (Å²) >= 11 is 1.45. The lowest BCUT2D eigenvalue weighted by Crippen LogP contribution is -2.07. The van der Waals surface area contributed by atoms with Crippen LogP contribution in [0.2, 0.25) is 0 Å². The van der Waals surface area contributed by atoms with E-state index in [2.05, 4.69) is 0 Å². The second kappa shape index (κ2) is 4.98. The van der Waals surface area contributed by atoms with Crippen molar-refractivity contribution < 1.29 is 14.7 Å². The highest BCUT2D eigenvalue weighted by Crippen LogP contribution is 2.24. The van der Waals surface area contributed by atoms with Crippen molar-refractivity contribution in [3.8, 4) is 0 Å². The minimum Gasteiger partial charge on any atom is -0.478 e. The molecule has 0 fully saturated rings. The van der Waals surface area contributed by atoms with E-state index in [0.717, 1.165) is 4.90 Å². The van der Waals surface area contributed by atoms with Gasteiger partial charge in [0.1, 0.15) is 5.78 Å². The minimum absolute atomic E-state index is 0.0287. The fraction of sp³-hybridized carbons (Fsp3) is 0.273. The molecule has 0 bridgehead atoms. The van der Waals surface area contributed by atoms with E-state index < -0.39 is 5.97 Å². The lowest BCUT2D eigenvalue weighted by Gasteiger charge is -2.08. The maximum absolute atomic E-state index is 11.1. The van der Waals surface area contributed by atoms with Crippen LogP contribution in [-0.2, 0) is 11.2 Å². The molecule has 0 saturated heterocycles. The molecule has 4 heteroatoms. The summed E-state index contributed by atoms with van der Waals surface area (Å²) in [5.41, 5.74) is 0.835. The number of carbonyl (C=O) groups excluding carboxylic acids is 1. The lowest BCUT2D eigenvalue weighted by molar-refractivity contribution is -0.116. The van der Waals surface area contributed by atoms with E-state index in [1.807, 2.05) is 12.3 Å². The van der Waals surface area contributed by atoms with Gasteiger partial charge >= 0.3 is 5.97 Å². The predicted octanol–water partition coefficient (Wildman–Crippen LogP) is 2.24. The summed E-state index contributed by atoms with van der Waals surface area (Å²) in [7, 11) is 0. The second-order valence-corrected chi connectivity index (χ2v) is 4.02. The van der Waals surface area contributed by atoms with Gasteiger partial charge in [-0.1, -0.05) is 6.07 Å². The standard InChI is InChI=1S/C11H12O3S/c1-7(12)6-9-8(11(13)14)4-3-5-10(9)15-2/h3-5H,6H2,1-2H3,(H,13,14). The topological polar surface area (TPSA) is 54.4 Å². The van der Waals surface area contributed by atoms with Gasteiger partial charge in [-0.3, -0.25) is 4.79 Å². The molecule has 0 aliphatic carbocycles. The third kappa shape index (κ3) is 2.83. The van der Waals surface area contributed by atoms with E-state index in [1.165, 1.54) is 24.8 Å². The van der Waals surface area contributed by atoms with Crippen LogP contribution in [0.4, 0.5) is 0 Å². The van der Waals surface area contributed by atoms with Gasteiger partial charge in [-0.2, -0.15) is 0 Å². The van der Waals surface area contributed by atoms with Crippen molar-refractivity contribution in [2.24, 2.45) is 0 Å². The van der Waals surface area contributed by atoms with Crippen molar-refractivity contribution >= 4 is 23.5 Å². The Labute approximate surface area is 92.5 Å². The van der Waals surface area contributed by atoms with Crippen molar-refractivity contribution in [2.75, 3.05) is 6.26 Å². The predicted molar refractivity (Wildman–Crippen MR) is 59.6 cm³/mol. The van der Waals surface area contributed by atoms with Crippen molar-refractivity contribution in [2.45, 2.75) is 18.2 Å². The molecule has 1 rings (SSSR count). The van der Waals surface area contributed by atoms with Crippen LogP contribution in [0.25, 0.3) is 0 Å². The van der Waals surface area contributed by atoms with Crippen molar-refractivity contribution in [3.63, 3.8) is 0 Å². The third-order valence-electron chi connectivity index (χ3n) is 2.01. The van der Waals surface area contributed by atoms with E-state index >= 15 is 0 Å². The molecular weight excluding hydrogens is 212 g/mol. The van der Waals surface area contributed by atoms with Crippen LogP contribution in [0.1, 0.15) is 22.8 Å². The molecule has 0 spiro atoms. The van der Waals surface area contributed by atoms with Crippen molar-refractivity contribution in [3.05, 3.63) is 29.3 Å². The van der Waals surface area contributed by atoms with Crippen LogP contribution in [0.15, 0.2) is 23.1 Å². The number of carbonyl (C=O) groups is 2. The molecule has 3 nitrogen and oxygen atoms in total. The average molecular weight is 224 g/mol. The number of hydrogen-bond acceptors (Lipinski definition) is 3. The van der Waals surface area contributed by atoms with Gasteiger partial charge in [0.15, 0.2) is 0 Å². The summed E-state index contributed by atoms with van der Waals surface area (Å²) in [4.78, 5) is 22.9. The van der Waals surface area contributed by atoms with Crippen LogP contribution >= 0.6 is 11.8 Å². The van der Waals surface area contributed by atoms with Gasteiger partial charge in [-0.15, -0.1) is 11.8 Å². The van der Waals surface area contributed by atoms with Crippen LogP contribution < -0.4 is 0 Å². The lowest BCUT2D eigenvalue weighted by atomic mass is 10.0. The van der Waals surface area contributed by atoms with Gasteiger partial charge in [-0.05, 0) is 30.9 Å². The molecule has 0 aliphatic heterocycles. The molecule has 0 aromatic heterocycles. The first-order chi connectivity index (χ1) is 7.06. The van der Waals surface area contributed by atoms with Crippen LogP contribution in [0, 0.1) is 0 Å². The van der Waals surface area contributed by atoms with Gasteiger partial charge < -0.3 is 5.11 Å². The Bertz CT molecular complexity index is 399. The Kier molecular flexibility index (Phi) is 3.91. The summed E-state index contributed by atoms with van der Waals surface area (Å²) in [6, 6.07) is 5.05. The first-order valence-electron chi connectivity index (χ1n) is 4.45. The SMILES string of the molecule is CSc1cccc(C(=O)O)c1CC(C)=O. The molecular formula is C11H12O3S. The number of rotatable bonds is 4. The number of Topliss-reactive ketones (excluding diaryl/α,β-unsaturated/α-hetero) is 1. The smallest absolute Gasteiger partial charge is 0.336 e. The van der Waals surface area contributed by atoms with Gasteiger partial charge in [0.05, 0.1) is 5.56 Å². The molecule has 1 aromatic rings. The minimum atomic E-state index is -0.984. The summed E-state index contributed by atoms with van der Waals surface area (Å²) in [6.07, 6.45) is 2.04. The van der Waals surface area contributed by atoms with Gasteiger partial charge in [0.25, 0.3) is 0 Å². The first kappa shape index (κ1) is 11.8. The Morgan fingerprint density at radius 2 is 2.07 bits per heavy atom. The molecule has 80 valence electrons. The van der Waals surface area contributed by atoms with Crippen molar-refractivity contribution in [1.29, 1.82) is 0 Å². The zero-order valence-electron chi connectivity index (χ0n) is 8.61. The fourth-order valence-corrected chi connectivity index (χ4v) is 2.03. The third-order valence-corrected chi connectivity index (χ3v) is 2.83. The average Bonchev–Trinajstić information content (AvgIpc) is 2.16. The van der Waals surface area contributed by atoms with E-state index in [-0.39, 0.29) is 17.8 Å². The van der Waals surface area contributed by atoms with E-state index in [9.17, 15) is 9.59 Å². The van der Waals surface area contributed by atoms with Crippen LogP contribution in [0.5, 0.6) is 0 Å². The molecule has 0 heterocycles. The van der Waals surface area contributed by atoms with E-state index in [1.54, 1.807) is 6.07 Å². The van der Waals surface area contributed by atoms with Gasteiger partial charge in [-0.25, -0.2) is 4.79 Å². The molecule has 0 unspecified atom stereocenters. The van der Waals surface area contributed by atoms with Gasteiger partial charge in [0, 0.05) is 11.3 Å². The van der Waals surface area contributed by atoms with Crippen molar-refractivity contribution in [1.82, 2.24) is 0 Å². The maximum atomic E-state index is 11.1. The molecule has 15 heavy (non-hydrogen) atoms. The highest BCUT2D eigenvalue weighted by molar-refractivity contribution is 7.98. The number of aromatic carboxylic acids is 1. The zero-order valence-corrected chi connectivity index (χ0v) is 9.43. The van der Waals surface area contributed by atoms with E-state index in [4.69, 9.17) is 5.11 Å². The highest BCUT2D eigenvalue weighted by Gasteiger charge is 2.14. The maximum Gasteiger partial charge on any atom is 0.336 e. The quantitative estimate of drug-likeness (QED) is 0.797. The highest BCUT2D eigenvalue weighted by atomic mass is 32.2. The first-order valence-corrected chi connectivity index (χ1v) is 5.67. The number of ketones is 1. The molecule has 0 saturated carbocycles.